The first kappa shape index (κ1) is 37.7. The number of hydrogen-bond acceptors (Lipinski definition) is 8. The molecule has 2 aliphatic heterocycles. The SMILES string of the molecule is COc1nc([C@@]2(Nc3nccc(CN4CCC(C(C)(C)C(=O)O)CC4)c3F)C=CC=C(c3ccccc3)C2(Cl)Cl)ccc1CNCC1CCC(=O)N1. The van der Waals surface area contributed by atoms with Gasteiger partial charge in [-0.15, -0.1) is 0 Å². The molecule has 0 bridgehead atoms. The number of carboxylic acids is 1. The largest absolute Gasteiger partial charge is 0.481 e. The molecule has 2 saturated heterocycles. The summed E-state index contributed by atoms with van der Waals surface area (Å²) in [6, 6.07) is 14.9. The van der Waals surface area contributed by atoms with Gasteiger partial charge in [0, 0.05) is 49.4 Å². The van der Waals surface area contributed by atoms with E-state index in [4.69, 9.17) is 32.9 Å². The summed E-state index contributed by atoms with van der Waals surface area (Å²) in [5.41, 5.74) is 0.621. The Bertz CT molecular complexity index is 1850. The summed E-state index contributed by atoms with van der Waals surface area (Å²) in [7, 11) is 1.53. The van der Waals surface area contributed by atoms with Crippen molar-refractivity contribution in [2.24, 2.45) is 11.3 Å². The number of carboxylic acid groups (broad SMARTS) is 1. The highest BCUT2D eigenvalue weighted by Gasteiger charge is 2.55. The number of piperidine rings is 1. The third-order valence-corrected chi connectivity index (χ3v) is 11.7. The van der Waals surface area contributed by atoms with Crippen LogP contribution in [0.3, 0.4) is 0 Å². The topological polar surface area (TPSA) is 129 Å². The Morgan fingerprint density at radius 3 is 2.54 bits per heavy atom. The van der Waals surface area contributed by atoms with Crippen LogP contribution >= 0.6 is 23.2 Å². The number of hydrogen-bond donors (Lipinski definition) is 4. The summed E-state index contributed by atoms with van der Waals surface area (Å²) in [4.78, 5) is 34.9. The molecule has 13 heteroatoms. The molecule has 1 amide bonds. The minimum absolute atomic E-state index is 0.0350. The third-order valence-electron chi connectivity index (χ3n) is 10.7. The fraction of sp³-hybridized carbons (Fsp3) is 0.436. The van der Waals surface area contributed by atoms with Gasteiger partial charge in [-0.1, -0.05) is 71.8 Å². The Hall–Kier alpha value is -4.03. The van der Waals surface area contributed by atoms with Gasteiger partial charge in [0.1, 0.15) is 5.54 Å². The van der Waals surface area contributed by atoms with E-state index in [0.717, 1.165) is 17.5 Å². The summed E-state index contributed by atoms with van der Waals surface area (Å²) < 4.78 is 20.6. The molecule has 52 heavy (non-hydrogen) atoms. The van der Waals surface area contributed by atoms with Crippen molar-refractivity contribution in [3.8, 4) is 5.88 Å². The molecule has 1 aromatic carbocycles. The van der Waals surface area contributed by atoms with Gasteiger partial charge < -0.3 is 25.8 Å². The molecule has 2 aromatic heterocycles. The van der Waals surface area contributed by atoms with Crippen molar-refractivity contribution in [3.63, 3.8) is 0 Å². The number of rotatable bonds is 13. The van der Waals surface area contributed by atoms with E-state index in [1.165, 1.54) is 7.11 Å². The molecule has 276 valence electrons. The van der Waals surface area contributed by atoms with Crippen LogP contribution in [0.15, 0.2) is 73.0 Å². The van der Waals surface area contributed by atoms with Crippen molar-refractivity contribution < 1.29 is 23.8 Å². The van der Waals surface area contributed by atoms with E-state index in [2.05, 4.69) is 25.8 Å². The van der Waals surface area contributed by atoms with Crippen LogP contribution in [0.5, 0.6) is 5.88 Å². The number of amides is 1. The van der Waals surface area contributed by atoms with Crippen LogP contribution in [0.1, 0.15) is 61.9 Å². The summed E-state index contributed by atoms with van der Waals surface area (Å²) in [6.07, 6.45) is 9.69. The molecule has 0 radical (unpaired) electrons. The second-order valence-electron chi connectivity index (χ2n) is 14.3. The predicted molar refractivity (Wildman–Crippen MR) is 201 cm³/mol. The lowest BCUT2D eigenvalue weighted by atomic mass is 9.74. The Kier molecular flexibility index (Phi) is 11.3. The Morgan fingerprint density at radius 1 is 1.12 bits per heavy atom. The summed E-state index contributed by atoms with van der Waals surface area (Å²) in [5, 5.41) is 19.4. The number of alkyl halides is 2. The molecule has 0 saturated carbocycles. The molecule has 2 atom stereocenters. The van der Waals surface area contributed by atoms with Crippen LogP contribution < -0.4 is 20.7 Å². The molecule has 3 aromatic rings. The van der Waals surface area contributed by atoms with E-state index in [9.17, 15) is 14.7 Å². The number of halogens is 3. The van der Waals surface area contributed by atoms with Crippen LogP contribution in [-0.2, 0) is 28.2 Å². The van der Waals surface area contributed by atoms with Gasteiger partial charge >= 0.3 is 5.97 Å². The van der Waals surface area contributed by atoms with E-state index in [1.54, 1.807) is 38.3 Å². The van der Waals surface area contributed by atoms with Gasteiger partial charge in [0.05, 0.1) is 18.2 Å². The first-order chi connectivity index (χ1) is 24.9. The lowest BCUT2D eigenvalue weighted by Gasteiger charge is -2.45. The highest BCUT2D eigenvalue weighted by Crippen LogP contribution is 2.54. The fourth-order valence-corrected chi connectivity index (χ4v) is 8.11. The molecule has 10 nitrogen and oxygen atoms in total. The lowest BCUT2D eigenvalue weighted by Crippen LogP contribution is -2.51. The molecule has 3 aliphatic rings. The van der Waals surface area contributed by atoms with Crippen molar-refractivity contribution >= 4 is 46.5 Å². The van der Waals surface area contributed by atoms with Crippen molar-refractivity contribution in [2.45, 2.75) is 68.5 Å². The number of benzene rings is 1. The van der Waals surface area contributed by atoms with Gasteiger partial charge in [0.2, 0.25) is 11.8 Å². The number of carbonyl (C=O) groups is 2. The van der Waals surface area contributed by atoms with Gasteiger partial charge in [-0.3, -0.25) is 14.5 Å². The number of ether oxygens (including phenoxy) is 1. The number of allylic oxidation sites excluding steroid dienone is 2. The smallest absolute Gasteiger partial charge is 0.309 e. The maximum Gasteiger partial charge on any atom is 0.309 e. The summed E-state index contributed by atoms with van der Waals surface area (Å²) in [6.45, 7) is 6.20. The van der Waals surface area contributed by atoms with Crippen LogP contribution in [0, 0.1) is 17.2 Å². The zero-order valence-corrected chi connectivity index (χ0v) is 31.1. The van der Waals surface area contributed by atoms with Gasteiger partial charge in [0.15, 0.2) is 16.0 Å². The average Bonchev–Trinajstić information content (AvgIpc) is 3.55. The van der Waals surface area contributed by atoms with Gasteiger partial charge in [0.25, 0.3) is 0 Å². The fourth-order valence-electron chi connectivity index (χ4n) is 7.36. The maximum absolute atomic E-state index is 16.6. The molecular weight excluding hydrogens is 706 g/mol. The van der Waals surface area contributed by atoms with Gasteiger partial charge in [-0.05, 0) is 81.5 Å². The van der Waals surface area contributed by atoms with E-state index < -0.39 is 27.1 Å². The van der Waals surface area contributed by atoms with Crippen molar-refractivity contribution in [3.05, 3.63) is 101 Å². The molecular formula is C39H45Cl2FN6O4. The summed E-state index contributed by atoms with van der Waals surface area (Å²) >= 11 is 14.9. The number of anilines is 1. The van der Waals surface area contributed by atoms with Crippen LogP contribution in [0.4, 0.5) is 10.2 Å². The normalized spacial score (nSPS) is 22.2. The highest BCUT2D eigenvalue weighted by atomic mass is 35.5. The quantitative estimate of drug-likeness (QED) is 0.146. The first-order valence-electron chi connectivity index (χ1n) is 17.6. The second-order valence-corrected chi connectivity index (χ2v) is 15.6. The zero-order valence-electron chi connectivity index (χ0n) is 29.6. The Labute approximate surface area is 313 Å². The molecule has 4 N–H and O–H groups in total. The molecule has 2 fully saturated rings. The average molecular weight is 752 g/mol. The Morgan fingerprint density at radius 2 is 1.87 bits per heavy atom. The molecule has 0 spiro atoms. The van der Waals surface area contributed by atoms with Gasteiger partial charge in [-0.25, -0.2) is 14.4 Å². The number of nitrogens with zero attached hydrogens (tertiary/aromatic N) is 3. The highest BCUT2D eigenvalue weighted by molar-refractivity contribution is 6.55. The minimum atomic E-state index is -1.72. The molecule has 1 unspecified atom stereocenters. The zero-order chi connectivity index (χ0) is 37.1. The van der Waals surface area contributed by atoms with Crippen molar-refractivity contribution in [1.29, 1.82) is 0 Å². The van der Waals surface area contributed by atoms with Gasteiger partial charge in [-0.2, -0.15) is 0 Å². The number of pyridine rings is 2. The number of aliphatic carboxylic acids is 1. The standard InChI is InChI=1S/C39H45Cl2FN6O4/c1-37(2,36(50)51)28-16-20-48(21-17-28)24-27-15-19-44-34(33(27)42)47-38(18-7-10-30(39(38,40)41)25-8-5-4-6-9-25)31-13-11-26(35(46-31)52-3)22-43-23-29-12-14-32(49)45-29/h4-11,13,15,18-19,28-29,43H,12,14,16-17,20-24H2,1-3H3,(H,44,47)(H,45,49)(H,50,51)/t29?,38-/m0/s1. The third kappa shape index (κ3) is 7.55. The number of carbonyl (C=O) groups excluding carboxylic acids is 1. The number of methoxy groups -OCH3 is 1. The van der Waals surface area contributed by atoms with Crippen LogP contribution in [0.25, 0.3) is 5.57 Å². The van der Waals surface area contributed by atoms with Crippen molar-refractivity contribution in [1.82, 2.24) is 25.5 Å². The maximum atomic E-state index is 16.6. The van der Waals surface area contributed by atoms with E-state index in [-0.39, 0.29) is 23.7 Å². The first-order valence-corrected chi connectivity index (χ1v) is 18.4. The lowest BCUT2D eigenvalue weighted by molar-refractivity contribution is -0.151. The van der Waals surface area contributed by atoms with E-state index in [0.29, 0.717) is 74.7 Å². The Balaban J connectivity index is 1.30. The molecule has 1 aliphatic carbocycles. The van der Waals surface area contributed by atoms with Crippen LogP contribution in [-0.4, -0.2) is 69.0 Å². The number of nitrogens with one attached hydrogen (secondary N) is 3. The number of likely N-dealkylation sites (tertiary alicyclic amines) is 1. The number of aromatic nitrogens is 2. The second kappa shape index (κ2) is 15.5. The monoisotopic (exact) mass is 750 g/mol. The molecule has 4 heterocycles. The van der Waals surface area contributed by atoms with Crippen molar-refractivity contribution in [2.75, 3.05) is 32.1 Å². The summed E-state index contributed by atoms with van der Waals surface area (Å²) in [5.74, 6) is -0.966. The predicted octanol–water partition coefficient (Wildman–Crippen LogP) is 6.45. The minimum Gasteiger partial charge on any atom is -0.481 e. The van der Waals surface area contributed by atoms with E-state index >= 15 is 4.39 Å². The van der Waals surface area contributed by atoms with E-state index in [1.807, 2.05) is 48.6 Å². The van der Waals surface area contributed by atoms with Crippen LogP contribution in [0.2, 0.25) is 0 Å². The molecule has 6 rings (SSSR count).